The SMILES string of the molecule is CC(C)C(=O)Oc1ccccc1C(F)(F)F. The zero-order chi connectivity index (χ0) is 12.3. The third-order valence-electron chi connectivity index (χ3n) is 1.87. The second-order valence-electron chi connectivity index (χ2n) is 3.57. The van der Waals surface area contributed by atoms with Gasteiger partial charge in [-0.15, -0.1) is 0 Å². The van der Waals surface area contributed by atoms with Crippen molar-refractivity contribution >= 4 is 5.97 Å². The number of halogens is 3. The maximum atomic E-state index is 12.5. The highest BCUT2D eigenvalue weighted by atomic mass is 19.4. The summed E-state index contributed by atoms with van der Waals surface area (Å²) in [6.07, 6.45) is -4.52. The lowest BCUT2D eigenvalue weighted by molar-refractivity contribution is -0.143. The normalized spacial score (nSPS) is 11.6. The lowest BCUT2D eigenvalue weighted by Crippen LogP contribution is -2.17. The number of hydrogen-bond acceptors (Lipinski definition) is 2. The molecule has 0 N–H and O–H groups in total. The van der Waals surface area contributed by atoms with Gasteiger partial charge in [0, 0.05) is 0 Å². The summed E-state index contributed by atoms with van der Waals surface area (Å²) < 4.78 is 42.2. The molecule has 0 saturated heterocycles. The van der Waals surface area contributed by atoms with Crippen LogP contribution < -0.4 is 4.74 Å². The van der Waals surface area contributed by atoms with Crippen molar-refractivity contribution in [3.8, 4) is 5.75 Å². The predicted octanol–water partition coefficient (Wildman–Crippen LogP) is 3.27. The van der Waals surface area contributed by atoms with E-state index >= 15 is 0 Å². The van der Waals surface area contributed by atoms with Crippen LogP contribution in [0, 0.1) is 5.92 Å². The van der Waals surface area contributed by atoms with E-state index in [2.05, 4.69) is 4.74 Å². The topological polar surface area (TPSA) is 26.3 Å². The molecule has 0 aromatic heterocycles. The van der Waals surface area contributed by atoms with E-state index in [0.717, 1.165) is 12.1 Å². The van der Waals surface area contributed by atoms with Gasteiger partial charge >= 0.3 is 12.1 Å². The summed E-state index contributed by atoms with van der Waals surface area (Å²) in [4.78, 5) is 11.2. The monoisotopic (exact) mass is 232 g/mol. The molecule has 0 aliphatic heterocycles. The molecule has 0 bridgehead atoms. The van der Waals surface area contributed by atoms with E-state index in [1.165, 1.54) is 12.1 Å². The highest BCUT2D eigenvalue weighted by molar-refractivity contribution is 5.74. The molecule has 0 fully saturated rings. The number of hydrogen-bond donors (Lipinski definition) is 0. The van der Waals surface area contributed by atoms with Gasteiger partial charge in [-0.2, -0.15) is 13.2 Å². The molecule has 0 saturated carbocycles. The van der Waals surface area contributed by atoms with Crippen LogP contribution in [0.2, 0.25) is 0 Å². The van der Waals surface area contributed by atoms with Crippen LogP contribution in [0.25, 0.3) is 0 Å². The maximum absolute atomic E-state index is 12.5. The number of para-hydroxylation sites is 1. The van der Waals surface area contributed by atoms with Gasteiger partial charge in [0.1, 0.15) is 5.75 Å². The molecule has 5 heteroatoms. The number of carbonyl (C=O) groups excluding carboxylic acids is 1. The lowest BCUT2D eigenvalue weighted by Gasteiger charge is -2.13. The van der Waals surface area contributed by atoms with Gasteiger partial charge in [-0.25, -0.2) is 0 Å². The number of esters is 1. The first kappa shape index (κ1) is 12.5. The molecule has 1 rings (SSSR count). The molecule has 88 valence electrons. The molecule has 0 aliphatic rings. The molecule has 16 heavy (non-hydrogen) atoms. The fourth-order valence-electron chi connectivity index (χ4n) is 1.02. The van der Waals surface area contributed by atoms with Crippen LogP contribution in [-0.2, 0) is 11.0 Å². The van der Waals surface area contributed by atoms with Crippen LogP contribution in [0.1, 0.15) is 19.4 Å². The van der Waals surface area contributed by atoms with Crippen molar-refractivity contribution in [2.75, 3.05) is 0 Å². The number of ether oxygens (including phenoxy) is 1. The summed E-state index contributed by atoms with van der Waals surface area (Å²) in [6, 6.07) is 4.64. The minimum atomic E-state index is -4.52. The standard InChI is InChI=1S/C11H11F3O2/c1-7(2)10(15)16-9-6-4-3-5-8(9)11(12,13)14/h3-7H,1-2H3. The number of rotatable bonds is 2. The Labute approximate surface area is 91.0 Å². The van der Waals surface area contributed by atoms with Crippen molar-refractivity contribution in [1.82, 2.24) is 0 Å². The average Bonchev–Trinajstić information content (AvgIpc) is 2.16. The second-order valence-corrected chi connectivity index (χ2v) is 3.57. The van der Waals surface area contributed by atoms with Crippen LogP contribution in [0.4, 0.5) is 13.2 Å². The minimum absolute atomic E-state index is 0.450. The second kappa shape index (κ2) is 4.55. The lowest BCUT2D eigenvalue weighted by atomic mass is 10.2. The summed E-state index contributed by atoms with van der Waals surface area (Å²) in [7, 11) is 0. The molecule has 2 nitrogen and oxygen atoms in total. The van der Waals surface area contributed by atoms with E-state index in [-0.39, 0.29) is 0 Å². The van der Waals surface area contributed by atoms with Gasteiger partial charge in [0.2, 0.25) is 0 Å². The Balaban J connectivity index is 3.01. The summed E-state index contributed by atoms with van der Waals surface area (Å²) in [5.41, 5.74) is -0.941. The fraction of sp³-hybridized carbons (Fsp3) is 0.364. The van der Waals surface area contributed by atoms with Crippen molar-refractivity contribution < 1.29 is 22.7 Å². The van der Waals surface area contributed by atoms with Crippen LogP contribution in [0.15, 0.2) is 24.3 Å². The highest BCUT2D eigenvalue weighted by Crippen LogP contribution is 2.36. The van der Waals surface area contributed by atoms with E-state index in [1.54, 1.807) is 13.8 Å². The van der Waals surface area contributed by atoms with Gasteiger partial charge in [-0.1, -0.05) is 26.0 Å². The molecule has 0 spiro atoms. The fourth-order valence-corrected chi connectivity index (χ4v) is 1.02. The van der Waals surface area contributed by atoms with Crippen molar-refractivity contribution in [3.63, 3.8) is 0 Å². The van der Waals surface area contributed by atoms with Gasteiger partial charge in [-0.05, 0) is 12.1 Å². The van der Waals surface area contributed by atoms with Gasteiger partial charge in [0.05, 0.1) is 11.5 Å². The van der Waals surface area contributed by atoms with Crippen molar-refractivity contribution in [3.05, 3.63) is 29.8 Å². The molecular weight excluding hydrogens is 221 g/mol. The van der Waals surface area contributed by atoms with Crippen molar-refractivity contribution in [2.45, 2.75) is 20.0 Å². The first-order valence-corrected chi connectivity index (χ1v) is 4.70. The Hall–Kier alpha value is -1.52. The molecule has 0 unspecified atom stereocenters. The van der Waals surface area contributed by atoms with Gasteiger partial charge in [0.15, 0.2) is 0 Å². The molecule has 0 heterocycles. The van der Waals surface area contributed by atoms with Gasteiger partial charge in [0.25, 0.3) is 0 Å². The Morgan fingerprint density at radius 1 is 1.25 bits per heavy atom. The van der Waals surface area contributed by atoms with Crippen LogP contribution in [0.3, 0.4) is 0 Å². The molecule has 1 aromatic carbocycles. The Bertz CT molecular complexity index is 383. The molecule has 0 amide bonds. The smallest absolute Gasteiger partial charge is 0.419 e. The Kier molecular flexibility index (Phi) is 3.57. The summed E-state index contributed by atoms with van der Waals surface area (Å²) in [6.45, 7) is 3.11. The number of carbonyl (C=O) groups is 1. The average molecular weight is 232 g/mol. The van der Waals surface area contributed by atoms with Crippen LogP contribution >= 0.6 is 0 Å². The summed E-state index contributed by atoms with van der Waals surface area (Å²) in [5, 5.41) is 0. The van der Waals surface area contributed by atoms with Gasteiger partial charge in [-0.3, -0.25) is 4.79 Å². The summed E-state index contributed by atoms with van der Waals surface area (Å²) >= 11 is 0. The van der Waals surface area contributed by atoms with Crippen LogP contribution in [0.5, 0.6) is 5.75 Å². The first-order valence-electron chi connectivity index (χ1n) is 4.70. The van der Waals surface area contributed by atoms with E-state index in [0.29, 0.717) is 0 Å². The van der Waals surface area contributed by atoms with Crippen LogP contribution in [-0.4, -0.2) is 5.97 Å². The molecule has 1 aromatic rings. The highest BCUT2D eigenvalue weighted by Gasteiger charge is 2.34. The zero-order valence-corrected chi connectivity index (χ0v) is 8.84. The van der Waals surface area contributed by atoms with E-state index < -0.39 is 29.4 Å². The molecular formula is C11H11F3O2. The third-order valence-corrected chi connectivity index (χ3v) is 1.87. The first-order chi connectivity index (χ1) is 7.32. The molecule has 0 radical (unpaired) electrons. The number of benzene rings is 1. The van der Waals surface area contributed by atoms with Crippen molar-refractivity contribution in [2.24, 2.45) is 5.92 Å². The largest absolute Gasteiger partial charge is 0.426 e. The zero-order valence-electron chi connectivity index (χ0n) is 8.84. The Morgan fingerprint density at radius 2 is 1.81 bits per heavy atom. The summed E-state index contributed by atoms with van der Waals surface area (Å²) in [5.74, 6) is -1.60. The van der Waals surface area contributed by atoms with E-state index in [9.17, 15) is 18.0 Å². The minimum Gasteiger partial charge on any atom is -0.426 e. The Morgan fingerprint density at radius 3 is 2.31 bits per heavy atom. The molecule has 0 atom stereocenters. The predicted molar refractivity (Wildman–Crippen MR) is 51.9 cm³/mol. The maximum Gasteiger partial charge on any atom is 0.419 e. The quantitative estimate of drug-likeness (QED) is 0.577. The number of alkyl halides is 3. The molecule has 0 aliphatic carbocycles. The van der Waals surface area contributed by atoms with Gasteiger partial charge < -0.3 is 4.74 Å². The van der Waals surface area contributed by atoms with Crippen molar-refractivity contribution in [1.29, 1.82) is 0 Å². The van der Waals surface area contributed by atoms with E-state index in [4.69, 9.17) is 0 Å². The van der Waals surface area contributed by atoms with E-state index in [1.807, 2.05) is 0 Å². The third kappa shape index (κ3) is 2.98.